The number of benzene rings is 9. The van der Waals surface area contributed by atoms with Crippen LogP contribution in [0.3, 0.4) is 0 Å². The molecule has 0 aliphatic rings. The van der Waals surface area contributed by atoms with Gasteiger partial charge in [-0.15, -0.1) is 71.8 Å². The number of imidazole rings is 3. The number of amidine groups is 1. The summed E-state index contributed by atoms with van der Waals surface area (Å²) in [7, 11) is 6.60. The number of aryl methyl sites for hydroxylation is 1. The van der Waals surface area contributed by atoms with E-state index in [1.54, 1.807) is 122 Å². The van der Waals surface area contributed by atoms with Crippen LogP contribution in [0.4, 0.5) is 23.2 Å². The lowest BCUT2D eigenvalue weighted by Gasteiger charge is -2.08. The van der Waals surface area contributed by atoms with E-state index in [0.717, 1.165) is 101 Å². The maximum absolute atomic E-state index is 13.4. The van der Waals surface area contributed by atoms with E-state index in [1.165, 1.54) is 80.2 Å². The second-order valence-electron chi connectivity index (χ2n) is 23.6. The summed E-state index contributed by atoms with van der Waals surface area (Å²) in [4.78, 5) is 46.4. The third-order valence-electron chi connectivity index (χ3n) is 16.6. The highest BCUT2D eigenvalue weighted by atomic mass is 35.5. The second kappa shape index (κ2) is 46.0. The summed E-state index contributed by atoms with van der Waals surface area (Å²) in [6, 6.07) is 72.1. The lowest BCUT2D eigenvalue weighted by molar-refractivity contribution is 0.102. The summed E-state index contributed by atoms with van der Waals surface area (Å²) in [6.45, 7) is 16.7. The van der Waals surface area contributed by atoms with Crippen LogP contribution in [-0.4, -0.2) is 98.7 Å². The van der Waals surface area contributed by atoms with Crippen LogP contribution in [-0.2, 0) is 31.9 Å². The van der Waals surface area contributed by atoms with Crippen molar-refractivity contribution in [1.29, 1.82) is 0 Å². The van der Waals surface area contributed by atoms with Gasteiger partial charge in [-0.05, 0) is 195 Å². The van der Waals surface area contributed by atoms with Crippen LogP contribution in [0.5, 0.6) is 0 Å². The van der Waals surface area contributed by atoms with Crippen molar-refractivity contribution in [2.45, 2.75) is 38.3 Å². The SMILES string of the molecule is C=C.CC.CN=C(N)c1ccc(SC)cc1.CSc1ccc(-c2nc(-c3ccc(F)cc3)c(-c3ccncc3)n2C)cc1.CSc1ccc(-c2nc(-c3ccc(F)cc3)cn2C)cc1.Cn1c(-c2ccc(S(C)=O)cc2)nc(-c2ccc(F)cc2)c1-c1ccncc1.O=C(CCl)c1ccc(F)cc1.[C-]#[N+]c1ccc(SC)cc1. The Morgan fingerprint density at radius 2 is 0.788 bits per heavy atom. The van der Waals surface area contributed by atoms with Gasteiger partial charge in [0.15, 0.2) is 11.5 Å². The molecule has 5 heterocycles. The van der Waals surface area contributed by atoms with Crippen molar-refractivity contribution >= 4 is 86.8 Å². The first kappa shape index (κ1) is 89.0. The average molecular weight is 1630 g/mol. The topological polar surface area (TPSA) is 156 Å². The van der Waals surface area contributed by atoms with Crippen molar-refractivity contribution in [2.75, 3.05) is 44.2 Å². The Labute approximate surface area is 684 Å². The van der Waals surface area contributed by atoms with Crippen molar-refractivity contribution < 1.29 is 26.6 Å². The Kier molecular flexibility index (Phi) is 36.2. The minimum Gasteiger partial charge on any atom is -0.384 e. The molecule has 0 amide bonds. The quantitative estimate of drug-likeness (QED) is 0.0143. The molecule has 0 radical (unpaired) electrons. The summed E-state index contributed by atoms with van der Waals surface area (Å²) in [5, 5.41) is 0. The van der Waals surface area contributed by atoms with Crippen LogP contribution < -0.4 is 5.73 Å². The largest absolute Gasteiger partial charge is 0.384 e. The van der Waals surface area contributed by atoms with Gasteiger partial charge in [0.1, 0.15) is 46.6 Å². The van der Waals surface area contributed by atoms with Crippen molar-refractivity contribution in [1.82, 2.24) is 38.6 Å². The highest BCUT2D eigenvalue weighted by Crippen LogP contribution is 2.38. The highest BCUT2D eigenvalue weighted by molar-refractivity contribution is 7.99. The first-order valence-electron chi connectivity index (χ1n) is 35.0. The minimum absolute atomic E-state index is 0.0639. The van der Waals surface area contributed by atoms with Gasteiger partial charge in [-0.1, -0.05) is 86.6 Å². The number of aliphatic imine (C=N–C) groups is 1. The van der Waals surface area contributed by atoms with E-state index in [9.17, 15) is 26.6 Å². The molecular formula is C90H86ClF4N11O2S5. The zero-order valence-electron chi connectivity index (χ0n) is 64.4. The van der Waals surface area contributed by atoms with Gasteiger partial charge in [0, 0.05) is 156 Å². The van der Waals surface area contributed by atoms with E-state index in [1.807, 2.05) is 160 Å². The molecule has 0 saturated heterocycles. The average Bonchev–Trinajstić information content (AvgIpc) is 1.63. The molecule has 0 bridgehead atoms. The number of carbonyl (C=O) groups is 1. The molecule has 1 unspecified atom stereocenters. The maximum atomic E-state index is 13.4. The van der Waals surface area contributed by atoms with E-state index in [4.69, 9.17) is 33.9 Å². The predicted molar refractivity (Wildman–Crippen MR) is 468 cm³/mol. The third kappa shape index (κ3) is 25.4. The van der Waals surface area contributed by atoms with Gasteiger partial charge >= 0.3 is 0 Å². The fourth-order valence-corrected chi connectivity index (χ4v) is 13.1. The number of nitrogens with two attached hydrogens (primary N) is 1. The number of hydrogen-bond donors (Lipinski definition) is 1. The molecule has 5 aromatic heterocycles. The molecule has 0 aliphatic heterocycles. The van der Waals surface area contributed by atoms with Gasteiger partial charge in [0.2, 0.25) is 0 Å². The molecule has 0 aliphatic carbocycles. The minimum atomic E-state index is -1.03. The summed E-state index contributed by atoms with van der Waals surface area (Å²) >= 11 is 12.1. The maximum Gasteiger partial charge on any atom is 0.187 e. The number of pyridine rings is 2. The first-order valence-corrected chi connectivity index (χ1v) is 42.0. The number of hydrogen-bond acceptors (Lipinski definition) is 12. The van der Waals surface area contributed by atoms with E-state index < -0.39 is 10.8 Å². The summed E-state index contributed by atoms with van der Waals surface area (Å²) in [6.07, 6.45) is 18.8. The lowest BCUT2D eigenvalue weighted by Crippen LogP contribution is -2.12. The number of nitrogens with zero attached hydrogens (tertiary/aromatic N) is 10. The molecule has 14 rings (SSSR count). The lowest BCUT2D eigenvalue weighted by atomic mass is 10.1. The monoisotopic (exact) mass is 1620 g/mol. The molecule has 0 spiro atoms. The van der Waals surface area contributed by atoms with E-state index in [0.29, 0.717) is 17.1 Å². The number of thioether (sulfide) groups is 4. The summed E-state index contributed by atoms with van der Waals surface area (Å²) in [5.74, 6) is 1.76. The number of ketones is 1. The van der Waals surface area contributed by atoms with Crippen molar-refractivity contribution in [3.8, 4) is 90.5 Å². The molecule has 0 saturated carbocycles. The fourth-order valence-electron chi connectivity index (χ4n) is 10.8. The van der Waals surface area contributed by atoms with Gasteiger partial charge < -0.3 is 19.4 Å². The van der Waals surface area contributed by atoms with Gasteiger partial charge in [0.05, 0.1) is 40.9 Å². The zero-order valence-corrected chi connectivity index (χ0v) is 69.2. The molecule has 14 aromatic rings. The number of Topliss-reactive ketones (excluding diaryl/α,β-unsaturated/α-hetero) is 1. The standard InChI is InChI=1S/C22H18FN3OS.C22H18FN3S.C17H15FN2S.C9H12N2S.C8H6ClFO.C8H7NS.C2H6.C2H4/c1-26-21(16-11-13-24-14-12-16)20(15-3-7-18(23)8-4-15)25-22(26)17-5-9-19(10-6-17)28(2)27;1-26-21(16-11-13-24-14-12-16)20(15-3-7-18(23)8-4-15)25-22(26)17-5-9-19(27-2)10-6-17;1-20-11-16(12-3-7-14(18)8-4-12)19-17(20)13-5-9-15(21-2)10-6-13;1-11-9(10)7-3-5-8(12-2)6-4-7;9-5-8(11)6-1-3-7(10)4-2-6;1-9-7-3-5-8(10-2)6-4-7;2*1-2/h3-14H,1-2H3;3-14H,1-2H3;3-11H,1-2H3;3-6H,1-2H3,(H2,10,11);1-4H,5H2;3-6H,2H3;1-2H3;1-2H2. The Bertz CT molecular complexity index is 5370. The van der Waals surface area contributed by atoms with E-state index >= 15 is 0 Å². The summed E-state index contributed by atoms with van der Waals surface area (Å²) < 4.78 is 69.9. The number of alkyl halides is 1. The Hall–Kier alpha value is -11.2. The molecular weight excluding hydrogens is 1540 g/mol. The Morgan fingerprint density at radius 1 is 0.469 bits per heavy atom. The summed E-state index contributed by atoms with van der Waals surface area (Å²) in [5.41, 5.74) is 19.8. The fraction of sp³-hybridized carbons (Fsp3) is 0.133. The van der Waals surface area contributed by atoms with Gasteiger partial charge in [-0.2, -0.15) is 0 Å². The number of carbonyl (C=O) groups excluding carboxylic acids is 1. The van der Waals surface area contributed by atoms with Crippen LogP contribution in [0.2, 0.25) is 0 Å². The van der Waals surface area contributed by atoms with Crippen molar-refractivity contribution in [3.05, 3.63) is 333 Å². The Morgan fingerprint density at radius 3 is 1.13 bits per heavy atom. The van der Waals surface area contributed by atoms with Crippen LogP contribution in [0.25, 0.3) is 95.3 Å². The van der Waals surface area contributed by atoms with Crippen LogP contribution in [0, 0.1) is 29.8 Å². The molecule has 1 atom stereocenters. The van der Waals surface area contributed by atoms with Crippen molar-refractivity contribution in [2.24, 2.45) is 31.9 Å². The van der Waals surface area contributed by atoms with Gasteiger partial charge in [0.25, 0.3) is 0 Å². The highest BCUT2D eigenvalue weighted by Gasteiger charge is 2.22. The number of aromatic nitrogens is 8. The van der Waals surface area contributed by atoms with Crippen molar-refractivity contribution in [3.63, 3.8) is 0 Å². The van der Waals surface area contributed by atoms with Gasteiger partial charge in [-0.25, -0.2) is 37.4 Å². The molecule has 0 fully saturated rings. The van der Waals surface area contributed by atoms with E-state index in [2.05, 4.69) is 104 Å². The smallest absolute Gasteiger partial charge is 0.187 e. The van der Waals surface area contributed by atoms with Crippen LogP contribution >= 0.6 is 58.6 Å². The predicted octanol–water partition coefficient (Wildman–Crippen LogP) is 23.8. The zero-order chi connectivity index (χ0) is 81.9. The number of rotatable bonds is 16. The molecule has 23 heteroatoms. The van der Waals surface area contributed by atoms with Crippen LogP contribution in [0.15, 0.2) is 316 Å². The van der Waals surface area contributed by atoms with Gasteiger partial charge in [-0.3, -0.25) is 24.0 Å². The number of halogens is 5. The second-order valence-corrected chi connectivity index (χ2v) is 28.7. The first-order chi connectivity index (χ1) is 54.8. The molecule has 2 N–H and O–H groups in total. The molecule has 113 heavy (non-hydrogen) atoms. The Balaban J connectivity index is 0.000000194. The van der Waals surface area contributed by atoms with E-state index in [-0.39, 0.29) is 34.9 Å². The normalized spacial score (nSPS) is 10.7. The third-order valence-corrected chi connectivity index (χ3v) is 20.8. The molecule has 578 valence electrons. The van der Waals surface area contributed by atoms with Crippen LogP contribution in [0.1, 0.15) is 29.8 Å². The molecule has 9 aromatic carbocycles. The molecule has 13 nitrogen and oxygen atoms in total.